The predicted molar refractivity (Wildman–Crippen MR) is 88.3 cm³/mol. The number of nitrogens with zero attached hydrogens (tertiary/aromatic N) is 1. The second-order valence-corrected chi connectivity index (χ2v) is 6.64. The Morgan fingerprint density at radius 1 is 1.21 bits per heavy atom. The van der Waals surface area contributed by atoms with Gasteiger partial charge in [0.2, 0.25) is 17.7 Å². The van der Waals surface area contributed by atoms with Crippen molar-refractivity contribution in [3.05, 3.63) is 23.8 Å². The SMILES string of the molecule is Cc1ccc(NC(=O)CCN2C(=O)[C@H]3CCCC[C@H]3C2=O)c(O)c1. The highest BCUT2D eigenvalue weighted by Gasteiger charge is 2.47. The van der Waals surface area contributed by atoms with E-state index in [-0.39, 0.29) is 48.3 Å². The van der Waals surface area contributed by atoms with Crippen LogP contribution in [0.3, 0.4) is 0 Å². The Kier molecular flexibility index (Phi) is 4.55. The van der Waals surface area contributed by atoms with Gasteiger partial charge in [-0.2, -0.15) is 0 Å². The lowest BCUT2D eigenvalue weighted by atomic mass is 9.81. The molecule has 1 saturated carbocycles. The summed E-state index contributed by atoms with van der Waals surface area (Å²) in [6.07, 6.45) is 3.55. The van der Waals surface area contributed by atoms with E-state index < -0.39 is 0 Å². The first-order valence-electron chi connectivity index (χ1n) is 8.42. The summed E-state index contributed by atoms with van der Waals surface area (Å²) in [6.45, 7) is 1.94. The van der Waals surface area contributed by atoms with Gasteiger partial charge in [-0.3, -0.25) is 19.3 Å². The quantitative estimate of drug-likeness (QED) is 0.654. The molecule has 0 aromatic heterocycles. The summed E-state index contributed by atoms with van der Waals surface area (Å²) in [4.78, 5) is 38.0. The number of benzene rings is 1. The van der Waals surface area contributed by atoms with Gasteiger partial charge in [-0.05, 0) is 37.5 Å². The third-order valence-corrected chi connectivity index (χ3v) is 4.92. The molecule has 2 N–H and O–H groups in total. The van der Waals surface area contributed by atoms with Gasteiger partial charge in [0.15, 0.2) is 0 Å². The van der Waals surface area contributed by atoms with E-state index >= 15 is 0 Å². The van der Waals surface area contributed by atoms with E-state index in [4.69, 9.17) is 0 Å². The summed E-state index contributed by atoms with van der Waals surface area (Å²) >= 11 is 0. The average molecular weight is 330 g/mol. The molecular weight excluding hydrogens is 308 g/mol. The standard InChI is InChI=1S/C18H22N2O4/c1-11-6-7-14(15(21)10-11)19-16(22)8-9-20-17(23)12-4-2-3-5-13(12)18(20)24/h6-7,10,12-13,21H,2-5,8-9H2,1H3,(H,19,22)/t12-,13+. The molecule has 0 bridgehead atoms. The Balaban J connectivity index is 1.58. The van der Waals surface area contributed by atoms with Gasteiger partial charge < -0.3 is 10.4 Å². The zero-order valence-corrected chi connectivity index (χ0v) is 13.7. The number of nitrogens with one attached hydrogen (secondary N) is 1. The molecular formula is C18H22N2O4. The number of carbonyl (C=O) groups excluding carboxylic acids is 3. The monoisotopic (exact) mass is 330 g/mol. The van der Waals surface area contributed by atoms with Crippen LogP contribution in [0.1, 0.15) is 37.7 Å². The van der Waals surface area contributed by atoms with E-state index in [1.807, 2.05) is 6.92 Å². The van der Waals surface area contributed by atoms with Crippen LogP contribution in [0, 0.1) is 18.8 Å². The average Bonchev–Trinajstić information content (AvgIpc) is 2.80. The Hall–Kier alpha value is -2.37. The number of hydrogen-bond acceptors (Lipinski definition) is 4. The molecule has 3 amide bonds. The van der Waals surface area contributed by atoms with Crippen molar-refractivity contribution >= 4 is 23.4 Å². The van der Waals surface area contributed by atoms with Crippen molar-refractivity contribution in [3.8, 4) is 5.75 Å². The van der Waals surface area contributed by atoms with Crippen molar-refractivity contribution in [2.24, 2.45) is 11.8 Å². The number of anilines is 1. The molecule has 1 aromatic carbocycles. The lowest BCUT2D eigenvalue weighted by molar-refractivity contribution is -0.140. The molecule has 2 aliphatic rings. The van der Waals surface area contributed by atoms with Crippen LogP contribution in [-0.4, -0.2) is 34.3 Å². The number of phenols is 1. The van der Waals surface area contributed by atoms with Gasteiger partial charge in [0.1, 0.15) is 5.75 Å². The molecule has 6 nitrogen and oxygen atoms in total. The van der Waals surface area contributed by atoms with Crippen LogP contribution < -0.4 is 5.32 Å². The van der Waals surface area contributed by atoms with Gasteiger partial charge >= 0.3 is 0 Å². The molecule has 1 aromatic rings. The Morgan fingerprint density at radius 3 is 2.42 bits per heavy atom. The molecule has 1 saturated heterocycles. The largest absolute Gasteiger partial charge is 0.506 e. The Bertz CT molecular complexity index is 662. The van der Waals surface area contributed by atoms with E-state index in [1.165, 1.54) is 4.90 Å². The summed E-state index contributed by atoms with van der Waals surface area (Å²) in [6, 6.07) is 4.98. The smallest absolute Gasteiger partial charge is 0.233 e. The zero-order valence-electron chi connectivity index (χ0n) is 13.7. The van der Waals surface area contributed by atoms with Gasteiger partial charge in [-0.15, -0.1) is 0 Å². The minimum atomic E-state index is -0.329. The first kappa shape index (κ1) is 16.5. The predicted octanol–water partition coefficient (Wildman–Crippen LogP) is 2.20. The van der Waals surface area contributed by atoms with Gasteiger partial charge in [0.05, 0.1) is 17.5 Å². The number of carbonyl (C=O) groups is 3. The fourth-order valence-corrected chi connectivity index (χ4v) is 3.62. The van der Waals surface area contributed by atoms with Crippen LogP contribution in [-0.2, 0) is 14.4 Å². The third-order valence-electron chi connectivity index (χ3n) is 4.92. The number of imide groups is 1. The second kappa shape index (κ2) is 6.63. The van der Waals surface area contributed by atoms with E-state index in [9.17, 15) is 19.5 Å². The first-order valence-corrected chi connectivity index (χ1v) is 8.42. The molecule has 0 radical (unpaired) electrons. The minimum absolute atomic E-state index is 0.00250. The molecule has 0 unspecified atom stereocenters. The number of aryl methyl sites for hydroxylation is 1. The number of rotatable bonds is 4. The van der Waals surface area contributed by atoms with Crippen LogP contribution in [0.4, 0.5) is 5.69 Å². The number of fused-ring (bicyclic) bond motifs is 1. The maximum Gasteiger partial charge on any atom is 0.233 e. The summed E-state index contributed by atoms with van der Waals surface area (Å²) < 4.78 is 0. The van der Waals surface area contributed by atoms with Crippen molar-refractivity contribution < 1.29 is 19.5 Å². The summed E-state index contributed by atoms with van der Waals surface area (Å²) in [5.41, 5.74) is 1.22. The number of phenolic OH excluding ortho intramolecular Hbond substituents is 1. The molecule has 1 heterocycles. The molecule has 2 atom stereocenters. The molecule has 2 fully saturated rings. The minimum Gasteiger partial charge on any atom is -0.506 e. The number of likely N-dealkylation sites (tertiary alicyclic amines) is 1. The Morgan fingerprint density at radius 2 is 1.83 bits per heavy atom. The van der Waals surface area contributed by atoms with Gasteiger partial charge in [0.25, 0.3) is 0 Å². The fourth-order valence-electron chi connectivity index (χ4n) is 3.62. The third kappa shape index (κ3) is 3.13. The van der Waals surface area contributed by atoms with Crippen LogP contribution >= 0.6 is 0 Å². The molecule has 1 aliphatic heterocycles. The first-order chi connectivity index (χ1) is 11.5. The highest BCUT2D eigenvalue weighted by molar-refractivity contribution is 6.05. The highest BCUT2D eigenvalue weighted by Crippen LogP contribution is 2.38. The fraction of sp³-hybridized carbons (Fsp3) is 0.500. The Labute approximate surface area is 140 Å². The number of amides is 3. The summed E-state index contributed by atoms with van der Waals surface area (Å²) in [5, 5.41) is 12.4. The summed E-state index contributed by atoms with van der Waals surface area (Å²) in [5.74, 6) is -0.954. The van der Waals surface area contributed by atoms with Crippen LogP contribution in [0.5, 0.6) is 5.75 Å². The van der Waals surface area contributed by atoms with Gasteiger partial charge in [-0.1, -0.05) is 18.9 Å². The molecule has 6 heteroatoms. The van der Waals surface area contributed by atoms with E-state index in [2.05, 4.69) is 5.32 Å². The van der Waals surface area contributed by atoms with E-state index in [0.29, 0.717) is 5.69 Å². The van der Waals surface area contributed by atoms with Crippen molar-refractivity contribution in [2.45, 2.75) is 39.0 Å². The molecule has 128 valence electrons. The van der Waals surface area contributed by atoms with Crippen LogP contribution in [0.15, 0.2) is 18.2 Å². The van der Waals surface area contributed by atoms with Gasteiger partial charge in [0, 0.05) is 13.0 Å². The highest BCUT2D eigenvalue weighted by atomic mass is 16.3. The van der Waals surface area contributed by atoms with Crippen LogP contribution in [0.25, 0.3) is 0 Å². The number of aromatic hydroxyl groups is 1. The molecule has 1 aliphatic carbocycles. The lowest BCUT2D eigenvalue weighted by Crippen LogP contribution is -2.34. The van der Waals surface area contributed by atoms with E-state index in [0.717, 1.165) is 31.2 Å². The van der Waals surface area contributed by atoms with Gasteiger partial charge in [-0.25, -0.2) is 0 Å². The van der Waals surface area contributed by atoms with E-state index in [1.54, 1.807) is 18.2 Å². The number of hydrogen-bond donors (Lipinski definition) is 2. The van der Waals surface area contributed by atoms with Crippen molar-refractivity contribution in [3.63, 3.8) is 0 Å². The van der Waals surface area contributed by atoms with Crippen molar-refractivity contribution in [2.75, 3.05) is 11.9 Å². The lowest BCUT2D eigenvalue weighted by Gasteiger charge is -2.19. The zero-order chi connectivity index (χ0) is 17.3. The summed E-state index contributed by atoms with van der Waals surface area (Å²) in [7, 11) is 0. The normalized spacial score (nSPS) is 23.3. The van der Waals surface area contributed by atoms with Crippen molar-refractivity contribution in [1.29, 1.82) is 0 Å². The maximum atomic E-state index is 12.3. The topological polar surface area (TPSA) is 86.7 Å². The van der Waals surface area contributed by atoms with Crippen LogP contribution in [0.2, 0.25) is 0 Å². The molecule has 24 heavy (non-hydrogen) atoms. The van der Waals surface area contributed by atoms with Crippen molar-refractivity contribution in [1.82, 2.24) is 4.90 Å². The molecule has 0 spiro atoms. The second-order valence-electron chi connectivity index (χ2n) is 6.64. The maximum absolute atomic E-state index is 12.3. The molecule has 3 rings (SSSR count).